The lowest BCUT2D eigenvalue weighted by Gasteiger charge is -2.23. The summed E-state index contributed by atoms with van der Waals surface area (Å²) in [5.41, 5.74) is 5.39. The van der Waals surface area contributed by atoms with Gasteiger partial charge in [-0.05, 0) is 61.4 Å². The third kappa shape index (κ3) is 4.94. The molecule has 0 aliphatic rings. The van der Waals surface area contributed by atoms with Crippen LogP contribution in [-0.2, 0) is 0 Å². The van der Waals surface area contributed by atoms with Gasteiger partial charge in [0.1, 0.15) is 5.82 Å². The van der Waals surface area contributed by atoms with Gasteiger partial charge in [-0.2, -0.15) is 0 Å². The van der Waals surface area contributed by atoms with E-state index in [2.05, 4.69) is 40.0 Å². The topological polar surface area (TPSA) is 33.4 Å². The van der Waals surface area contributed by atoms with Crippen LogP contribution in [0.1, 0.15) is 17.0 Å². The Labute approximate surface area is 176 Å². The molecule has 28 heavy (non-hydrogen) atoms. The van der Waals surface area contributed by atoms with Crippen LogP contribution >= 0.6 is 23.2 Å². The fourth-order valence-electron chi connectivity index (χ4n) is 3.07. The molecule has 1 aromatic heterocycles. The van der Waals surface area contributed by atoms with Crippen LogP contribution < -0.4 is 4.90 Å². The number of rotatable bonds is 8. The maximum absolute atomic E-state index is 5.91. The second-order valence-corrected chi connectivity index (χ2v) is 7.28. The van der Waals surface area contributed by atoms with E-state index < -0.39 is 0 Å². The monoisotopic (exact) mass is 414 g/mol. The van der Waals surface area contributed by atoms with Crippen LogP contribution in [0.3, 0.4) is 0 Å². The van der Waals surface area contributed by atoms with Crippen molar-refractivity contribution < 1.29 is 0 Å². The van der Waals surface area contributed by atoms with Crippen LogP contribution in [0.15, 0.2) is 59.9 Å². The van der Waals surface area contributed by atoms with E-state index in [4.69, 9.17) is 23.2 Å². The Morgan fingerprint density at radius 2 is 1.75 bits per heavy atom. The summed E-state index contributed by atoms with van der Waals surface area (Å²) in [5.74, 6) is 2.12. The van der Waals surface area contributed by atoms with Gasteiger partial charge in [-0.15, -0.1) is 23.2 Å². The fraction of sp³-hybridized carbons (Fsp3) is 0.273. The minimum atomic E-state index is 0.577. The normalized spacial score (nSPS) is 11.3. The zero-order valence-corrected chi connectivity index (χ0v) is 17.7. The maximum atomic E-state index is 5.91. The van der Waals surface area contributed by atoms with Crippen LogP contribution in [0.25, 0.3) is 5.69 Å². The second kappa shape index (κ2) is 9.76. The molecule has 0 amide bonds. The van der Waals surface area contributed by atoms with Crippen LogP contribution in [0.5, 0.6) is 0 Å². The molecule has 0 N–H and O–H groups in total. The Kier molecular flexibility index (Phi) is 7.12. The molecule has 0 aliphatic carbocycles. The zero-order valence-electron chi connectivity index (χ0n) is 16.1. The van der Waals surface area contributed by atoms with E-state index in [0.29, 0.717) is 11.8 Å². The van der Waals surface area contributed by atoms with Crippen molar-refractivity contribution in [2.45, 2.75) is 13.8 Å². The molecular formula is C22H24Cl2N4. The molecule has 6 heteroatoms. The summed E-state index contributed by atoms with van der Waals surface area (Å²) in [6.45, 7) is 5.64. The molecule has 3 aromatic rings. The first-order chi connectivity index (χ1) is 13.6. The lowest BCUT2D eigenvalue weighted by molar-refractivity contribution is 0.873. The van der Waals surface area contributed by atoms with Gasteiger partial charge in [-0.3, -0.25) is 4.99 Å². The molecule has 0 radical (unpaired) electrons. The van der Waals surface area contributed by atoms with Crippen LogP contribution in [0.2, 0.25) is 0 Å². The molecule has 0 spiro atoms. The minimum absolute atomic E-state index is 0.577. The van der Waals surface area contributed by atoms with Crippen molar-refractivity contribution in [1.29, 1.82) is 0 Å². The molecule has 3 rings (SSSR count). The predicted octanol–water partition coefficient (Wildman–Crippen LogP) is 5.52. The largest absolute Gasteiger partial charge is 0.369 e. The number of alkyl halides is 2. The highest BCUT2D eigenvalue weighted by Gasteiger charge is 2.07. The summed E-state index contributed by atoms with van der Waals surface area (Å²) in [7, 11) is 0. The van der Waals surface area contributed by atoms with Gasteiger partial charge in [0, 0.05) is 54.8 Å². The zero-order chi connectivity index (χ0) is 19.9. The third-order valence-corrected chi connectivity index (χ3v) is 4.97. The minimum Gasteiger partial charge on any atom is -0.369 e. The van der Waals surface area contributed by atoms with Gasteiger partial charge in [0.15, 0.2) is 0 Å². The van der Waals surface area contributed by atoms with E-state index >= 15 is 0 Å². The lowest BCUT2D eigenvalue weighted by Crippen LogP contribution is -2.27. The van der Waals surface area contributed by atoms with Gasteiger partial charge in [0.25, 0.3) is 0 Å². The molecule has 146 valence electrons. The van der Waals surface area contributed by atoms with Crippen molar-refractivity contribution >= 4 is 40.8 Å². The molecule has 0 bridgehead atoms. The molecule has 2 aromatic carbocycles. The summed E-state index contributed by atoms with van der Waals surface area (Å²) in [6.07, 6.45) is 5.66. The Morgan fingerprint density at radius 3 is 2.32 bits per heavy atom. The number of nitrogens with zero attached hydrogens (tertiary/aromatic N) is 4. The molecule has 0 saturated carbocycles. The van der Waals surface area contributed by atoms with Crippen LogP contribution in [-0.4, -0.2) is 40.6 Å². The van der Waals surface area contributed by atoms with Gasteiger partial charge >= 0.3 is 0 Å². The first kappa shape index (κ1) is 20.4. The van der Waals surface area contributed by atoms with Crippen LogP contribution in [0, 0.1) is 13.8 Å². The molecule has 4 nitrogen and oxygen atoms in total. The molecule has 0 saturated heterocycles. The van der Waals surface area contributed by atoms with Crippen molar-refractivity contribution in [3.63, 3.8) is 0 Å². The standard InChI is InChI=1S/C22H24Cl2N4/c1-17-15-22(27(12-9-23)13-10-24)6-3-19(17)16-26-20-4-7-21(8-5-20)28-14-11-25-18(28)2/h3-8,11,14-16H,9-10,12-13H2,1-2H3. The van der Waals surface area contributed by atoms with E-state index in [0.717, 1.165) is 41.5 Å². The summed E-state index contributed by atoms with van der Waals surface area (Å²) in [5, 5.41) is 0. The second-order valence-electron chi connectivity index (χ2n) is 6.52. The van der Waals surface area contributed by atoms with E-state index in [1.807, 2.05) is 48.2 Å². The number of aliphatic imine (C=N–C) groups is 1. The molecule has 0 aliphatic heterocycles. The predicted molar refractivity (Wildman–Crippen MR) is 120 cm³/mol. The number of halogens is 2. The summed E-state index contributed by atoms with van der Waals surface area (Å²) < 4.78 is 2.05. The first-order valence-electron chi connectivity index (χ1n) is 9.24. The quantitative estimate of drug-likeness (QED) is 0.358. The number of imidazole rings is 1. The van der Waals surface area contributed by atoms with Gasteiger partial charge < -0.3 is 9.47 Å². The number of anilines is 1. The molecule has 0 atom stereocenters. The number of hydrogen-bond donors (Lipinski definition) is 0. The van der Waals surface area contributed by atoms with Gasteiger partial charge in [0.2, 0.25) is 0 Å². The summed E-state index contributed by atoms with van der Waals surface area (Å²) in [6, 6.07) is 14.5. The number of hydrogen-bond acceptors (Lipinski definition) is 3. The van der Waals surface area contributed by atoms with E-state index in [9.17, 15) is 0 Å². The molecule has 0 unspecified atom stereocenters. The highest BCUT2D eigenvalue weighted by molar-refractivity contribution is 6.18. The van der Waals surface area contributed by atoms with Gasteiger partial charge in [-0.25, -0.2) is 4.98 Å². The maximum Gasteiger partial charge on any atom is 0.110 e. The number of aryl methyl sites for hydroxylation is 2. The van der Waals surface area contributed by atoms with Crippen molar-refractivity contribution in [2.24, 2.45) is 4.99 Å². The Hall–Kier alpha value is -2.30. The van der Waals surface area contributed by atoms with Gasteiger partial charge in [-0.1, -0.05) is 6.07 Å². The van der Waals surface area contributed by atoms with Crippen molar-refractivity contribution in [3.05, 3.63) is 71.8 Å². The first-order valence-corrected chi connectivity index (χ1v) is 10.3. The molecule has 1 heterocycles. The molecular weight excluding hydrogens is 391 g/mol. The van der Waals surface area contributed by atoms with E-state index in [1.165, 1.54) is 5.56 Å². The Balaban J connectivity index is 1.74. The fourth-order valence-corrected chi connectivity index (χ4v) is 3.48. The smallest absolute Gasteiger partial charge is 0.110 e. The average molecular weight is 415 g/mol. The van der Waals surface area contributed by atoms with E-state index in [-0.39, 0.29) is 0 Å². The SMILES string of the molecule is Cc1cc(N(CCCl)CCCl)ccc1C=Nc1ccc(-n2ccnc2C)cc1. The number of benzene rings is 2. The molecule has 0 fully saturated rings. The number of aromatic nitrogens is 2. The highest BCUT2D eigenvalue weighted by atomic mass is 35.5. The summed E-state index contributed by atoms with van der Waals surface area (Å²) in [4.78, 5) is 11.1. The Bertz CT molecular complexity index is 926. The van der Waals surface area contributed by atoms with Gasteiger partial charge in [0.05, 0.1) is 5.69 Å². The lowest BCUT2D eigenvalue weighted by atomic mass is 10.1. The van der Waals surface area contributed by atoms with Crippen molar-refractivity contribution in [1.82, 2.24) is 9.55 Å². The average Bonchev–Trinajstić information content (AvgIpc) is 3.13. The van der Waals surface area contributed by atoms with Crippen molar-refractivity contribution in [2.75, 3.05) is 29.7 Å². The van der Waals surface area contributed by atoms with Crippen molar-refractivity contribution in [3.8, 4) is 5.69 Å². The summed E-state index contributed by atoms with van der Waals surface area (Å²) >= 11 is 11.8. The highest BCUT2D eigenvalue weighted by Crippen LogP contribution is 2.21. The van der Waals surface area contributed by atoms with Crippen LogP contribution in [0.4, 0.5) is 11.4 Å². The van der Waals surface area contributed by atoms with E-state index in [1.54, 1.807) is 6.20 Å². The third-order valence-electron chi connectivity index (χ3n) is 4.63. The Morgan fingerprint density at radius 1 is 1.04 bits per heavy atom.